The average Bonchev–Trinajstić information content (AvgIpc) is 3.45. The van der Waals surface area contributed by atoms with Crippen molar-refractivity contribution >= 4 is 17.6 Å². The number of nitrogens with one attached hydrogen (secondary N) is 3. The van der Waals surface area contributed by atoms with Gasteiger partial charge in [-0.1, -0.05) is 33.8 Å². The molecule has 6 fully saturated rings. The molecule has 2 saturated heterocycles. The minimum atomic E-state index is -0.287. The van der Waals surface area contributed by atoms with E-state index in [-0.39, 0.29) is 46.9 Å². The van der Waals surface area contributed by atoms with E-state index in [4.69, 9.17) is 4.74 Å². The van der Waals surface area contributed by atoms with Crippen LogP contribution in [0.1, 0.15) is 97.6 Å². The van der Waals surface area contributed by atoms with Crippen molar-refractivity contribution in [2.24, 2.45) is 52.3 Å². The highest BCUT2D eigenvalue weighted by atomic mass is 16.5. The molecule has 1 unspecified atom stereocenters. The van der Waals surface area contributed by atoms with Gasteiger partial charge in [-0.15, -0.1) is 0 Å². The van der Waals surface area contributed by atoms with E-state index >= 15 is 0 Å². The van der Waals surface area contributed by atoms with Gasteiger partial charge in [0.2, 0.25) is 11.8 Å². The Balaban J connectivity index is 0.977. The SMILES string of the molecule is C[C@H]1CC[C@@]2(NC1)O[C@H]1C[C@H]3[C@@H]4CC[C@@H]5CC(NC(=O)CC(=O)NCc6ccccn6)CC[C@]5(C)[C@H]4CC(=O)[C@]3(C)[C@H]1[C@@H]2C. The average molecular weight is 605 g/mol. The first kappa shape index (κ1) is 30.3. The molecule has 0 radical (unpaired) electrons. The van der Waals surface area contributed by atoms with Crippen LogP contribution in [-0.4, -0.2) is 47.0 Å². The molecule has 8 nitrogen and oxygen atoms in total. The number of fused-ring (bicyclic) bond motifs is 7. The summed E-state index contributed by atoms with van der Waals surface area (Å²) in [5, 5.41) is 9.79. The van der Waals surface area contributed by atoms with E-state index in [1.807, 2.05) is 18.2 Å². The van der Waals surface area contributed by atoms with Gasteiger partial charge in [0.25, 0.3) is 0 Å². The largest absolute Gasteiger partial charge is 0.357 e. The molecule has 1 aromatic rings. The third-order valence-corrected chi connectivity index (χ3v) is 13.9. The molecular formula is C36H52N4O4. The third-order valence-electron chi connectivity index (χ3n) is 13.9. The molecule has 1 spiro atoms. The Bertz CT molecular complexity index is 1280. The molecule has 7 rings (SSSR count). The fourth-order valence-electron chi connectivity index (χ4n) is 11.4. The topological polar surface area (TPSA) is 109 Å². The first-order valence-electron chi connectivity index (χ1n) is 17.5. The summed E-state index contributed by atoms with van der Waals surface area (Å²) in [6.45, 7) is 10.8. The van der Waals surface area contributed by atoms with Crippen molar-refractivity contribution in [2.45, 2.75) is 116 Å². The van der Waals surface area contributed by atoms with Crippen molar-refractivity contribution < 1.29 is 19.1 Å². The third kappa shape index (κ3) is 4.85. The van der Waals surface area contributed by atoms with Crippen LogP contribution in [0, 0.1) is 52.3 Å². The molecule has 44 heavy (non-hydrogen) atoms. The number of rotatable bonds is 5. The number of aromatic nitrogens is 1. The van der Waals surface area contributed by atoms with E-state index in [1.165, 1.54) is 12.8 Å². The number of carbonyl (C=O) groups is 3. The minimum Gasteiger partial charge on any atom is -0.357 e. The van der Waals surface area contributed by atoms with Crippen LogP contribution in [0.25, 0.3) is 0 Å². The smallest absolute Gasteiger partial charge is 0.229 e. The van der Waals surface area contributed by atoms with Crippen LogP contribution in [0.15, 0.2) is 24.4 Å². The summed E-state index contributed by atoms with van der Waals surface area (Å²) in [5.74, 6) is 3.22. The predicted molar refractivity (Wildman–Crippen MR) is 167 cm³/mol. The van der Waals surface area contributed by atoms with Crippen molar-refractivity contribution in [3.05, 3.63) is 30.1 Å². The van der Waals surface area contributed by atoms with Gasteiger partial charge >= 0.3 is 0 Å². The second kappa shape index (κ2) is 11.2. The zero-order valence-electron chi connectivity index (χ0n) is 27.1. The highest BCUT2D eigenvalue weighted by Gasteiger charge is 2.71. The summed E-state index contributed by atoms with van der Waals surface area (Å²) in [5.41, 5.74) is 0.352. The molecule has 2 amide bonds. The number of Topliss-reactive ketones (excluding diaryl/α,β-unsaturated/α-hetero) is 1. The van der Waals surface area contributed by atoms with E-state index in [1.54, 1.807) is 6.20 Å². The summed E-state index contributed by atoms with van der Waals surface area (Å²) >= 11 is 0. The molecule has 12 atom stereocenters. The highest BCUT2D eigenvalue weighted by molar-refractivity contribution is 5.96. The van der Waals surface area contributed by atoms with Crippen LogP contribution in [0.5, 0.6) is 0 Å². The standard InChI is InChI=1S/C36H52N4O4/c1-21-10-13-36(39-19-21)22(2)33-29(44-36)16-28-26-9-8-23-15-24(11-12-34(23,3)27(26)17-30(41)35(28,33)4)40-32(43)18-31(42)38-20-25-7-5-6-14-37-25/h5-7,14,21-24,26-29,33,39H,8-13,15-20H2,1-4H3,(H,38,42)(H,40,43)/t21-,22-,23+,24?,26+,27-,28-,29-,33-,34-,35+,36+/m0/s1. The number of carbonyl (C=O) groups excluding carboxylic acids is 3. The molecular weight excluding hydrogens is 552 g/mol. The molecule has 2 aliphatic heterocycles. The van der Waals surface area contributed by atoms with Gasteiger partial charge in [0.1, 0.15) is 17.9 Å². The first-order valence-corrected chi connectivity index (χ1v) is 17.5. The predicted octanol–water partition coefficient (Wildman–Crippen LogP) is 4.77. The molecule has 240 valence electrons. The fraction of sp³-hybridized carbons (Fsp3) is 0.778. The maximum absolute atomic E-state index is 14.4. The number of amides is 2. The number of pyridine rings is 1. The molecule has 6 aliphatic rings. The Morgan fingerprint density at radius 3 is 2.64 bits per heavy atom. The quantitative estimate of drug-likeness (QED) is 0.418. The Labute approximate surface area is 262 Å². The molecule has 0 aromatic carbocycles. The van der Waals surface area contributed by atoms with E-state index in [9.17, 15) is 14.4 Å². The monoisotopic (exact) mass is 604 g/mol. The first-order chi connectivity index (χ1) is 21.0. The van der Waals surface area contributed by atoms with Gasteiger partial charge in [0, 0.05) is 42.5 Å². The Hall–Kier alpha value is -2.32. The van der Waals surface area contributed by atoms with Crippen LogP contribution < -0.4 is 16.0 Å². The normalized spacial score (nSPS) is 46.0. The second-order valence-electron chi connectivity index (χ2n) is 16.0. The molecule has 8 heteroatoms. The summed E-state index contributed by atoms with van der Waals surface area (Å²) in [6, 6.07) is 5.66. The van der Waals surface area contributed by atoms with Gasteiger partial charge < -0.3 is 15.4 Å². The number of hydrogen-bond donors (Lipinski definition) is 3. The van der Waals surface area contributed by atoms with Gasteiger partial charge in [-0.25, -0.2) is 0 Å². The van der Waals surface area contributed by atoms with Crippen molar-refractivity contribution in [3.63, 3.8) is 0 Å². The number of nitrogens with zero attached hydrogens (tertiary/aromatic N) is 1. The summed E-state index contributed by atoms with van der Waals surface area (Å²) in [6.07, 6.45) is 10.9. The molecule has 3 heterocycles. The van der Waals surface area contributed by atoms with Gasteiger partial charge in [-0.05, 0) is 98.5 Å². The van der Waals surface area contributed by atoms with E-state index in [0.29, 0.717) is 60.2 Å². The minimum absolute atomic E-state index is 0.0901. The number of ketones is 1. The van der Waals surface area contributed by atoms with Gasteiger partial charge in [-0.2, -0.15) is 0 Å². The zero-order chi connectivity index (χ0) is 30.9. The number of hydrogen-bond acceptors (Lipinski definition) is 6. The van der Waals surface area contributed by atoms with E-state index in [0.717, 1.165) is 50.8 Å². The van der Waals surface area contributed by atoms with E-state index < -0.39 is 0 Å². The van der Waals surface area contributed by atoms with Gasteiger partial charge in [0.15, 0.2) is 0 Å². The summed E-state index contributed by atoms with van der Waals surface area (Å²) < 4.78 is 6.97. The Morgan fingerprint density at radius 2 is 1.89 bits per heavy atom. The summed E-state index contributed by atoms with van der Waals surface area (Å²) in [7, 11) is 0. The summed E-state index contributed by atoms with van der Waals surface area (Å²) in [4.78, 5) is 43.8. The highest BCUT2D eigenvalue weighted by Crippen LogP contribution is 2.70. The zero-order valence-corrected chi connectivity index (χ0v) is 27.1. The van der Waals surface area contributed by atoms with Crippen molar-refractivity contribution in [2.75, 3.05) is 6.54 Å². The molecule has 1 aromatic heterocycles. The van der Waals surface area contributed by atoms with Crippen molar-refractivity contribution in [1.82, 2.24) is 20.9 Å². The fourth-order valence-corrected chi connectivity index (χ4v) is 11.4. The van der Waals surface area contributed by atoms with Crippen LogP contribution >= 0.6 is 0 Å². The van der Waals surface area contributed by atoms with Crippen molar-refractivity contribution in [1.29, 1.82) is 0 Å². The lowest BCUT2D eigenvalue weighted by Crippen LogP contribution is -2.60. The second-order valence-corrected chi connectivity index (χ2v) is 16.0. The van der Waals surface area contributed by atoms with Gasteiger partial charge in [0.05, 0.1) is 18.3 Å². The molecule has 3 N–H and O–H groups in total. The molecule has 0 bridgehead atoms. The van der Waals surface area contributed by atoms with Crippen LogP contribution in [-0.2, 0) is 25.7 Å². The number of ether oxygens (including phenoxy) is 1. The molecule has 4 saturated carbocycles. The van der Waals surface area contributed by atoms with E-state index in [2.05, 4.69) is 48.6 Å². The molecule has 4 aliphatic carbocycles. The Kier molecular flexibility index (Phi) is 7.71. The lowest BCUT2D eigenvalue weighted by Gasteiger charge is -2.60. The lowest BCUT2D eigenvalue weighted by atomic mass is 9.44. The van der Waals surface area contributed by atoms with Gasteiger partial charge in [-0.3, -0.25) is 24.7 Å². The maximum atomic E-state index is 14.4. The van der Waals surface area contributed by atoms with Crippen LogP contribution in [0.4, 0.5) is 0 Å². The lowest BCUT2D eigenvalue weighted by molar-refractivity contribution is -0.160. The Morgan fingerprint density at radius 1 is 1.05 bits per heavy atom. The number of piperidine rings is 1. The van der Waals surface area contributed by atoms with Crippen molar-refractivity contribution in [3.8, 4) is 0 Å². The van der Waals surface area contributed by atoms with Crippen LogP contribution in [0.2, 0.25) is 0 Å². The van der Waals surface area contributed by atoms with Crippen LogP contribution in [0.3, 0.4) is 0 Å². The maximum Gasteiger partial charge on any atom is 0.229 e.